The van der Waals surface area contributed by atoms with Crippen LogP contribution in [0.3, 0.4) is 0 Å². The van der Waals surface area contributed by atoms with Crippen LogP contribution in [-0.2, 0) is 4.79 Å². The van der Waals surface area contributed by atoms with E-state index in [0.29, 0.717) is 10.9 Å². The maximum absolute atomic E-state index is 13.5. The third kappa shape index (κ3) is 3.87. The van der Waals surface area contributed by atoms with E-state index in [1.165, 1.54) is 18.2 Å². The largest absolute Gasteiger partial charge is 0.300 e. The first-order chi connectivity index (χ1) is 18.3. The average Bonchev–Trinajstić information content (AvgIpc) is 3.12. The molecular formula is C23H22ClN3O2. The fraction of sp³-hybridized carbons (Fsp3) is 0.304. The molecule has 0 radical (unpaired) electrons. The van der Waals surface area contributed by atoms with Gasteiger partial charge in [-0.3, -0.25) is 14.5 Å². The van der Waals surface area contributed by atoms with Gasteiger partial charge in [-0.25, -0.2) is 9.97 Å². The molecule has 0 fully saturated rings. The summed E-state index contributed by atoms with van der Waals surface area (Å²) in [6.07, 6.45) is -8.66. The predicted molar refractivity (Wildman–Crippen MR) is 114 cm³/mol. The Morgan fingerprint density at radius 2 is 2.03 bits per heavy atom. The van der Waals surface area contributed by atoms with Crippen LogP contribution in [0, 0.1) is 5.89 Å². The molecule has 3 aromatic rings. The summed E-state index contributed by atoms with van der Waals surface area (Å²) in [6.45, 7) is -7.67. The highest BCUT2D eigenvalue weighted by Gasteiger charge is 2.39. The molecule has 29 heavy (non-hydrogen) atoms. The summed E-state index contributed by atoms with van der Waals surface area (Å²) >= 11 is 5.97. The van der Waals surface area contributed by atoms with Gasteiger partial charge in [0.2, 0.25) is 0 Å². The number of carbonyl (C=O) groups excluding carboxylic acids is 2. The molecule has 1 aromatic carbocycles. The molecule has 0 bridgehead atoms. The minimum atomic E-state index is -4.01. The van der Waals surface area contributed by atoms with Crippen LogP contribution in [0.4, 0.5) is 5.82 Å². The number of benzene rings is 1. The second-order valence-corrected chi connectivity index (χ2v) is 6.77. The third-order valence-corrected chi connectivity index (χ3v) is 4.75. The van der Waals surface area contributed by atoms with E-state index in [1.807, 2.05) is 0 Å². The van der Waals surface area contributed by atoms with Gasteiger partial charge < -0.3 is 0 Å². The van der Waals surface area contributed by atoms with Crippen LogP contribution >= 0.6 is 11.6 Å². The van der Waals surface area contributed by atoms with Crippen molar-refractivity contribution >= 4 is 40.1 Å². The summed E-state index contributed by atoms with van der Waals surface area (Å²) in [5.41, 5.74) is 0.645. The average molecular weight is 419 g/mol. The lowest BCUT2D eigenvalue weighted by Crippen LogP contribution is -2.30. The number of carbonyl (C=O) groups is 2. The topological polar surface area (TPSA) is 63.2 Å². The highest BCUT2D eigenvalue weighted by molar-refractivity contribution is 6.29. The molecule has 0 N–H and O–H groups in total. The lowest BCUT2D eigenvalue weighted by molar-refractivity contribution is -0.119. The van der Waals surface area contributed by atoms with E-state index in [4.69, 9.17) is 26.7 Å². The zero-order chi connectivity index (χ0) is 30.1. The van der Waals surface area contributed by atoms with Crippen molar-refractivity contribution in [1.29, 1.82) is 0 Å². The molecular weight excluding hydrogens is 386 g/mol. The van der Waals surface area contributed by atoms with Crippen molar-refractivity contribution in [1.82, 2.24) is 9.97 Å². The van der Waals surface area contributed by atoms with Crippen LogP contribution in [-0.4, -0.2) is 21.7 Å². The van der Waals surface area contributed by atoms with Crippen LogP contribution in [0.2, 0.25) is 5.15 Å². The van der Waals surface area contributed by atoms with Gasteiger partial charge in [0.25, 0.3) is 5.91 Å². The number of aromatic nitrogens is 2. The number of ketones is 1. The molecule has 1 atom stereocenters. The van der Waals surface area contributed by atoms with Gasteiger partial charge in [0.1, 0.15) is 16.8 Å². The Kier molecular flexibility index (Phi) is 2.81. The summed E-state index contributed by atoms with van der Waals surface area (Å²) in [5.74, 6) is -6.10. The molecule has 2 aromatic heterocycles. The number of halogens is 1. The highest BCUT2D eigenvalue weighted by atomic mass is 35.5. The number of fused-ring (bicyclic) bond motifs is 2. The van der Waals surface area contributed by atoms with E-state index in [1.54, 1.807) is 30.3 Å². The minimum Gasteiger partial charge on any atom is -0.300 e. The van der Waals surface area contributed by atoms with Crippen molar-refractivity contribution in [2.75, 3.05) is 4.90 Å². The predicted octanol–water partition coefficient (Wildman–Crippen LogP) is 5.38. The van der Waals surface area contributed by atoms with Crippen molar-refractivity contribution in [2.45, 2.75) is 38.9 Å². The minimum absolute atomic E-state index is 0.0321. The Morgan fingerprint density at radius 1 is 1.24 bits per heavy atom. The lowest BCUT2D eigenvalue weighted by Gasteiger charge is -2.24. The Morgan fingerprint density at radius 3 is 2.86 bits per heavy atom. The van der Waals surface area contributed by atoms with Gasteiger partial charge in [-0.2, -0.15) is 0 Å². The molecule has 1 aliphatic rings. The number of hydrogen-bond donors (Lipinski definition) is 0. The summed E-state index contributed by atoms with van der Waals surface area (Å²) in [6, 6.07) is 11.2. The smallest absolute Gasteiger partial charge is 0.260 e. The van der Waals surface area contributed by atoms with Gasteiger partial charge in [0.05, 0.1) is 6.04 Å². The van der Waals surface area contributed by atoms with Crippen LogP contribution in [0.25, 0.3) is 11.0 Å². The molecule has 0 unspecified atom stereocenters. The fourth-order valence-electron chi connectivity index (χ4n) is 3.32. The number of Topliss-reactive ketones (excluding diaryl/α,β-unsaturated/α-hetero) is 1. The fourth-order valence-corrected chi connectivity index (χ4v) is 3.46. The lowest BCUT2D eigenvalue weighted by atomic mass is 9.97. The summed E-state index contributed by atoms with van der Waals surface area (Å²) in [7, 11) is 0. The molecule has 0 spiro atoms. The number of amides is 1. The van der Waals surface area contributed by atoms with Gasteiger partial charge in [-0.05, 0) is 48.2 Å². The van der Waals surface area contributed by atoms with Crippen LogP contribution in [0.1, 0.15) is 69.9 Å². The summed E-state index contributed by atoms with van der Waals surface area (Å²) < 4.78 is 86.9. The Labute approximate surface area is 190 Å². The van der Waals surface area contributed by atoms with E-state index in [-0.39, 0.29) is 22.2 Å². The number of anilines is 1. The van der Waals surface area contributed by atoms with Gasteiger partial charge >= 0.3 is 0 Å². The second-order valence-electron chi connectivity index (χ2n) is 6.38. The van der Waals surface area contributed by atoms with Crippen LogP contribution in [0.15, 0.2) is 48.5 Å². The maximum atomic E-state index is 13.5. The Bertz CT molecular complexity index is 1490. The summed E-state index contributed by atoms with van der Waals surface area (Å²) in [4.78, 5) is 36.5. The zero-order valence-electron chi connectivity index (χ0n) is 25.9. The molecule has 0 saturated heterocycles. The molecule has 0 saturated carbocycles. The van der Waals surface area contributed by atoms with E-state index >= 15 is 0 Å². The Balaban J connectivity index is 1.79. The number of rotatable bonds is 6. The molecule has 0 aliphatic carbocycles. The maximum Gasteiger partial charge on any atom is 0.260 e. The number of nitrogens with zero attached hydrogens (tertiary/aromatic N) is 3. The van der Waals surface area contributed by atoms with E-state index in [0.717, 1.165) is 4.90 Å². The summed E-state index contributed by atoms with van der Waals surface area (Å²) in [5, 5.41) is 0.730. The zero-order valence-corrected chi connectivity index (χ0v) is 15.7. The van der Waals surface area contributed by atoms with E-state index in [2.05, 4.69) is 9.97 Å². The Hall–Kier alpha value is -2.79. The first kappa shape index (κ1) is 10.3. The van der Waals surface area contributed by atoms with Crippen molar-refractivity contribution in [3.63, 3.8) is 0 Å². The first-order valence-corrected chi connectivity index (χ1v) is 9.02. The highest BCUT2D eigenvalue weighted by Crippen LogP contribution is 2.39. The van der Waals surface area contributed by atoms with Gasteiger partial charge in [0.15, 0.2) is 5.65 Å². The van der Waals surface area contributed by atoms with E-state index < -0.39 is 56.5 Å². The van der Waals surface area contributed by atoms with E-state index in [9.17, 15) is 9.59 Å². The third-order valence-electron chi connectivity index (χ3n) is 4.54. The molecule has 3 heterocycles. The molecule has 1 amide bonds. The molecule has 148 valence electrons. The standard InChI is InChI=1S/C23H22ClN3O2/c1-14(2)7-10-16(28)13-19-17-5-3-4-6-18(17)23(29)27(19)21-12-9-15-8-11-20(24)25-22(15)26-21/h3-6,8-9,11-12,14,19H,7,10,13H2,1-2H3/t19-/m0/s1/i1D3,2D3,7D2,10D2,14D. The van der Waals surface area contributed by atoms with Crippen molar-refractivity contribution in [3.8, 4) is 0 Å². The van der Waals surface area contributed by atoms with Crippen molar-refractivity contribution in [2.24, 2.45) is 5.89 Å². The van der Waals surface area contributed by atoms with Crippen LogP contribution in [0.5, 0.6) is 0 Å². The normalized spacial score (nSPS) is 23.8. The van der Waals surface area contributed by atoms with Crippen LogP contribution < -0.4 is 4.90 Å². The number of hydrogen-bond acceptors (Lipinski definition) is 4. The molecule has 4 rings (SSSR count). The van der Waals surface area contributed by atoms with Gasteiger partial charge in [0, 0.05) is 38.8 Å². The van der Waals surface area contributed by atoms with Gasteiger partial charge in [-0.15, -0.1) is 0 Å². The SMILES string of the molecule is [2H]C([2H])([2H])C([2H])(C([2H])([2H])[2H])C([2H])([2H])C([2H])([2H])C(=O)C[C@H]1c2ccccc2C(=O)N1c1ccc2ccc(Cl)nc2n1. The second kappa shape index (κ2) is 7.91. The monoisotopic (exact) mass is 418 g/mol. The first-order valence-electron chi connectivity index (χ1n) is 14.1. The number of pyridine rings is 2. The molecule has 5 nitrogen and oxygen atoms in total. The molecule has 6 heteroatoms. The molecule has 1 aliphatic heterocycles. The van der Waals surface area contributed by atoms with Crippen molar-refractivity contribution < 1.29 is 24.7 Å². The quantitative estimate of drug-likeness (QED) is 0.504. The van der Waals surface area contributed by atoms with Crippen molar-refractivity contribution in [3.05, 3.63) is 64.8 Å². The van der Waals surface area contributed by atoms with Gasteiger partial charge in [-0.1, -0.05) is 43.5 Å².